The number of benzene rings is 1. The zero-order valence-electron chi connectivity index (χ0n) is 22.5. The lowest BCUT2D eigenvalue weighted by Gasteiger charge is -2.38. The minimum absolute atomic E-state index is 0. The summed E-state index contributed by atoms with van der Waals surface area (Å²) >= 11 is 1.73. The Kier molecular flexibility index (Phi) is 10.1. The molecule has 0 bridgehead atoms. The van der Waals surface area contributed by atoms with E-state index >= 15 is 0 Å². The van der Waals surface area contributed by atoms with Crippen LogP contribution in [0.25, 0.3) is 0 Å². The molecule has 2 amide bonds. The van der Waals surface area contributed by atoms with Crippen LogP contribution in [0, 0.1) is 11.3 Å². The van der Waals surface area contributed by atoms with Gasteiger partial charge in [0.25, 0.3) is 0 Å². The summed E-state index contributed by atoms with van der Waals surface area (Å²) < 4.78 is 5.26. The molecule has 5 rings (SSSR count). The number of methoxy groups -OCH3 is 1. The van der Waals surface area contributed by atoms with Crippen molar-refractivity contribution in [3.63, 3.8) is 0 Å². The largest absolute Gasteiger partial charge is 0.497 e. The zero-order chi connectivity index (χ0) is 25.7. The van der Waals surface area contributed by atoms with Crippen LogP contribution in [-0.4, -0.2) is 54.9 Å². The zero-order valence-corrected chi connectivity index (χ0v) is 24.2. The first-order chi connectivity index (χ1) is 18.1. The van der Waals surface area contributed by atoms with Gasteiger partial charge < -0.3 is 19.9 Å². The number of amides is 2. The summed E-state index contributed by atoms with van der Waals surface area (Å²) in [5.41, 5.74) is 0.962. The van der Waals surface area contributed by atoms with Crippen LogP contribution in [-0.2, 0) is 16.1 Å². The van der Waals surface area contributed by atoms with Crippen molar-refractivity contribution in [1.29, 1.82) is 0 Å². The number of hydrogen-bond acceptors (Lipinski definition) is 5. The third kappa shape index (κ3) is 6.72. The second kappa shape index (κ2) is 13.3. The highest BCUT2D eigenvalue weighted by atomic mass is 35.5. The van der Waals surface area contributed by atoms with Gasteiger partial charge in [0.1, 0.15) is 5.75 Å². The normalized spacial score (nSPS) is 20.8. The molecule has 3 aliphatic rings. The second-order valence-electron chi connectivity index (χ2n) is 11.1. The van der Waals surface area contributed by atoms with Crippen LogP contribution in [0.1, 0.15) is 74.3 Å². The molecule has 208 valence electrons. The van der Waals surface area contributed by atoms with E-state index in [-0.39, 0.29) is 35.7 Å². The van der Waals surface area contributed by atoms with Crippen molar-refractivity contribution in [3.05, 3.63) is 52.2 Å². The first-order valence-corrected chi connectivity index (χ1v) is 14.9. The van der Waals surface area contributed by atoms with Gasteiger partial charge in [0, 0.05) is 30.4 Å². The maximum atomic E-state index is 13.4. The molecule has 1 saturated carbocycles. The van der Waals surface area contributed by atoms with E-state index in [0.717, 1.165) is 76.0 Å². The predicted octanol–water partition coefficient (Wildman–Crippen LogP) is 5.82. The van der Waals surface area contributed by atoms with Gasteiger partial charge in [-0.05, 0) is 80.8 Å². The van der Waals surface area contributed by atoms with Crippen molar-refractivity contribution in [1.82, 2.24) is 15.1 Å². The van der Waals surface area contributed by atoms with E-state index in [1.165, 1.54) is 24.1 Å². The molecule has 6 nitrogen and oxygen atoms in total. The third-order valence-electron chi connectivity index (χ3n) is 8.86. The van der Waals surface area contributed by atoms with Crippen LogP contribution in [0.4, 0.5) is 0 Å². The first kappa shape index (κ1) is 28.9. The van der Waals surface area contributed by atoms with Crippen molar-refractivity contribution >= 4 is 35.6 Å². The Morgan fingerprint density at radius 3 is 2.45 bits per heavy atom. The van der Waals surface area contributed by atoms with Crippen molar-refractivity contribution in [2.45, 2.75) is 70.4 Å². The standard InChI is InChI=1S/C30H41N3O3S.ClH/c1-36-25-11-9-23(10-12-25)22-33-20-16-30(29(33)35)14-18-32(19-15-30)17-13-26(27-8-5-21-37-27)31-28(34)24-6-3-2-4-7-24;/h5,8-12,21,24,26H,2-4,6-7,13-20,22H2,1H3,(H,31,34);1H. The van der Waals surface area contributed by atoms with E-state index in [1.54, 1.807) is 18.4 Å². The number of carbonyl (C=O) groups excluding carboxylic acids is 2. The summed E-state index contributed by atoms with van der Waals surface area (Å²) in [6.45, 7) is 4.38. The molecule has 38 heavy (non-hydrogen) atoms. The highest BCUT2D eigenvalue weighted by Gasteiger charge is 2.47. The van der Waals surface area contributed by atoms with Crippen molar-refractivity contribution in [2.75, 3.05) is 33.3 Å². The van der Waals surface area contributed by atoms with E-state index in [4.69, 9.17) is 4.74 Å². The topological polar surface area (TPSA) is 61.9 Å². The van der Waals surface area contributed by atoms with Crippen LogP contribution >= 0.6 is 23.7 Å². The fraction of sp³-hybridized carbons (Fsp3) is 0.600. The second-order valence-corrected chi connectivity index (χ2v) is 12.1. The smallest absolute Gasteiger partial charge is 0.229 e. The molecular formula is C30H42ClN3O3S. The number of piperidine rings is 1. The maximum absolute atomic E-state index is 13.4. The highest BCUT2D eigenvalue weighted by molar-refractivity contribution is 7.10. The van der Waals surface area contributed by atoms with Gasteiger partial charge in [0.15, 0.2) is 0 Å². The first-order valence-electron chi connectivity index (χ1n) is 14.0. The Bertz CT molecular complexity index is 1030. The number of ether oxygens (including phenoxy) is 1. The minimum Gasteiger partial charge on any atom is -0.497 e. The number of carbonyl (C=O) groups is 2. The SMILES string of the molecule is COc1ccc(CN2CCC3(CCN(CCC(NC(=O)C4CCCCC4)c4cccs4)CC3)C2=O)cc1.Cl. The van der Waals surface area contributed by atoms with E-state index in [2.05, 4.69) is 39.9 Å². The van der Waals surface area contributed by atoms with Crippen molar-refractivity contribution in [2.24, 2.45) is 11.3 Å². The van der Waals surface area contributed by atoms with Crippen LogP contribution in [0.15, 0.2) is 41.8 Å². The fourth-order valence-electron chi connectivity index (χ4n) is 6.40. The average Bonchev–Trinajstić information content (AvgIpc) is 3.58. The van der Waals surface area contributed by atoms with Crippen molar-refractivity contribution in [3.8, 4) is 5.75 Å². The quantitative estimate of drug-likeness (QED) is 0.420. The molecule has 0 radical (unpaired) electrons. The van der Waals surface area contributed by atoms with E-state index < -0.39 is 0 Å². The molecule has 1 N–H and O–H groups in total. The number of halogens is 1. The molecule has 2 aliphatic heterocycles. The van der Waals surface area contributed by atoms with Gasteiger partial charge in [0.2, 0.25) is 11.8 Å². The van der Waals surface area contributed by atoms with E-state index in [0.29, 0.717) is 12.5 Å². The number of likely N-dealkylation sites (tertiary alicyclic amines) is 2. The Hall–Kier alpha value is -2.09. The van der Waals surface area contributed by atoms with Gasteiger partial charge >= 0.3 is 0 Å². The average molecular weight is 560 g/mol. The number of nitrogens with one attached hydrogen (secondary N) is 1. The Morgan fingerprint density at radius 2 is 1.79 bits per heavy atom. The van der Waals surface area contributed by atoms with Gasteiger partial charge in [-0.1, -0.05) is 37.5 Å². The molecule has 1 spiro atoms. The molecule has 1 unspecified atom stereocenters. The van der Waals surface area contributed by atoms with Crippen LogP contribution in [0.2, 0.25) is 0 Å². The van der Waals surface area contributed by atoms with Gasteiger partial charge in [0.05, 0.1) is 18.6 Å². The minimum atomic E-state index is -0.189. The molecule has 3 heterocycles. The molecule has 2 saturated heterocycles. The van der Waals surface area contributed by atoms with Crippen molar-refractivity contribution < 1.29 is 14.3 Å². The Morgan fingerprint density at radius 1 is 1.08 bits per heavy atom. The van der Waals surface area contributed by atoms with Gasteiger partial charge in [-0.15, -0.1) is 23.7 Å². The fourth-order valence-corrected chi connectivity index (χ4v) is 7.22. The summed E-state index contributed by atoms with van der Waals surface area (Å²) in [5.74, 6) is 1.60. The number of hydrogen-bond donors (Lipinski definition) is 1. The summed E-state index contributed by atoms with van der Waals surface area (Å²) in [6, 6.07) is 12.3. The Labute approximate surface area is 237 Å². The monoisotopic (exact) mass is 559 g/mol. The number of nitrogens with zero attached hydrogens (tertiary/aromatic N) is 2. The molecular weight excluding hydrogens is 518 g/mol. The molecule has 3 fully saturated rings. The van der Waals surface area contributed by atoms with Crippen LogP contribution < -0.4 is 10.1 Å². The molecule has 1 aromatic carbocycles. The Balaban J connectivity index is 0.00000336. The molecule has 1 aromatic heterocycles. The summed E-state index contributed by atoms with van der Waals surface area (Å²) in [4.78, 5) is 32.2. The lowest BCUT2D eigenvalue weighted by molar-refractivity contribution is -0.139. The summed E-state index contributed by atoms with van der Waals surface area (Å²) in [6.07, 6.45) is 9.42. The van der Waals surface area contributed by atoms with Crippen LogP contribution in [0.3, 0.4) is 0 Å². The maximum Gasteiger partial charge on any atom is 0.229 e. The molecule has 2 aromatic rings. The molecule has 8 heteroatoms. The van der Waals surface area contributed by atoms with Gasteiger partial charge in [-0.25, -0.2) is 0 Å². The van der Waals surface area contributed by atoms with Gasteiger partial charge in [-0.2, -0.15) is 0 Å². The molecule has 1 aliphatic carbocycles. The van der Waals surface area contributed by atoms with E-state index in [9.17, 15) is 9.59 Å². The number of thiophene rings is 1. The summed E-state index contributed by atoms with van der Waals surface area (Å²) in [5, 5.41) is 5.50. The molecule has 1 atom stereocenters. The lowest BCUT2D eigenvalue weighted by Crippen LogP contribution is -2.45. The highest BCUT2D eigenvalue weighted by Crippen LogP contribution is 2.42. The summed E-state index contributed by atoms with van der Waals surface area (Å²) in [7, 11) is 1.67. The lowest BCUT2D eigenvalue weighted by atomic mass is 9.77. The third-order valence-corrected chi connectivity index (χ3v) is 9.85. The number of rotatable bonds is 9. The van der Waals surface area contributed by atoms with E-state index in [1.807, 2.05) is 17.0 Å². The van der Waals surface area contributed by atoms with Crippen LogP contribution in [0.5, 0.6) is 5.75 Å². The van der Waals surface area contributed by atoms with Gasteiger partial charge in [-0.3, -0.25) is 9.59 Å². The predicted molar refractivity (Wildman–Crippen MR) is 155 cm³/mol.